The maximum atomic E-state index is 13.9. The molecule has 3 aliphatic heterocycles. The van der Waals surface area contributed by atoms with Gasteiger partial charge in [-0.3, -0.25) is 14.4 Å². The number of halogens is 3. The van der Waals surface area contributed by atoms with Crippen LogP contribution in [0.3, 0.4) is 0 Å². The Bertz CT molecular complexity index is 3150. The minimum absolute atomic E-state index is 0.215. The van der Waals surface area contributed by atoms with Gasteiger partial charge in [0.15, 0.2) is 0 Å². The number of aromatic nitrogens is 3. The van der Waals surface area contributed by atoms with E-state index >= 15 is 0 Å². The number of hydrogen-bond acceptors (Lipinski definition) is 6. The van der Waals surface area contributed by atoms with Gasteiger partial charge in [0.05, 0.1) is 16.7 Å². The first-order valence-electron chi connectivity index (χ1n) is 24.1. The lowest BCUT2D eigenvalue weighted by atomic mass is 9.99. The monoisotopic (exact) mass is 969 g/mol. The molecule has 6 aromatic carbocycles. The van der Waals surface area contributed by atoms with Crippen molar-refractivity contribution in [2.45, 2.75) is 38.9 Å². The van der Waals surface area contributed by atoms with Crippen molar-refractivity contribution in [3.8, 4) is 33.8 Å². The van der Waals surface area contributed by atoms with Gasteiger partial charge < -0.3 is 46.9 Å². The number of rotatable bonds is 9. The summed E-state index contributed by atoms with van der Waals surface area (Å²) in [5.41, 5.74) is 16.1. The van der Waals surface area contributed by atoms with E-state index in [1.807, 2.05) is 21.1 Å². The van der Waals surface area contributed by atoms with E-state index in [2.05, 4.69) is 120 Å². The Morgan fingerprint density at radius 3 is 0.917 bits per heavy atom. The van der Waals surface area contributed by atoms with Crippen LogP contribution in [0.25, 0.3) is 66.5 Å². The molecule has 12 rings (SSSR count). The van der Waals surface area contributed by atoms with Crippen LogP contribution in [0.5, 0.6) is 0 Å². The molecule has 9 N–H and O–H groups in total. The largest absolute Gasteiger partial charge is 0.354 e. The molecule has 3 amide bonds. The predicted molar refractivity (Wildman–Crippen MR) is 277 cm³/mol. The van der Waals surface area contributed by atoms with E-state index in [1.54, 1.807) is 0 Å². The Labute approximate surface area is 413 Å². The molecular formula is C57H54F3N9O3. The Kier molecular flexibility index (Phi) is 13.5. The van der Waals surface area contributed by atoms with Crippen LogP contribution in [0.15, 0.2) is 109 Å². The van der Waals surface area contributed by atoms with E-state index in [0.717, 1.165) is 106 Å². The molecule has 0 atom stereocenters. The van der Waals surface area contributed by atoms with Crippen molar-refractivity contribution in [2.24, 2.45) is 0 Å². The molecule has 6 heterocycles. The fraction of sp³-hybridized carbons (Fsp3) is 0.211. The fourth-order valence-corrected chi connectivity index (χ4v) is 10.3. The lowest BCUT2D eigenvalue weighted by Gasteiger charge is -2.06. The van der Waals surface area contributed by atoms with Crippen molar-refractivity contribution in [3.05, 3.63) is 177 Å². The third-order valence-electron chi connectivity index (χ3n) is 13.5. The third-order valence-corrected chi connectivity index (χ3v) is 13.5. The van der Waals surface area contributed by atoms with Gasteiger partial charge >= 0.3 is 0 Å². The second kappa shape index (κ2) is 20.4. The van der Waals surface area contributed by atoms with E-state index < -0.39 is 17.5 Å². The van der Waals surface area contributed by atoms with Crippen molar-refractivity contribution in [1.29, 1.82) is 0 Å². The Morgan fingerprint density at radius 1 is 0.403 bits per heavy atom. The van der Waals surface area contributed by atoms with Gasteiger partial charge in [0.1, 0.15) is 17.5 Å². The van der Waals surface area contributed by atoms with Gasteiger partial charge in [-0.1, -0.05) is 72.8 Å². The van der Waals surface area contributed by atoms with Crippen LogP contribution in [0.4, 0.5) is 13.2 Å². The van der Waals surface area contributed by atoms with Crippen molar-refractivity contribution in [1.82, 2.24) is 46.9 Å². The number of nitrogens with one attached hydrogen (secondary N) is 9. The zero-order valence-corrected chi connectivity index (χ0v) is 40.1. The van der Waals surface area contributed by atoms with Gasteiger partial charge in [-0.25, -0.2) is 13.2 Å². The summed E-state index contributed by atoms with van der Waals surface area (Å²) in [6.45, 7) is 4.08. The second-order valence-electron chi connectivity index (χ2n) is 18.3. The van der Waals surface area contributed by atoms with Crippen LogP contribution >= 0.6 is 0 Å². The highest BCUT2D eigenvalue weighted by atomic mass is 19.1. The Balaban J connectivity index is 0.000000124. The minimum atomic E-state index is -0.404. The van der Waals surface area contributed by atoms with Crippen LogP contribution in [0.1, 0.15) is 64.5 Å². The molecule has 0 bridgehead atoms. The molecule has 12 nitrogen and oxygen atoms in total. The smallest absolute Gasteiger partial charge is 0.252 e. The average Bonchev–Trinajstić information content (AvgIpc) is 3.92. The van der Waals surface area contributed by atoms with E-state index in [0.29, 0.717) is 52.9 Å². The molecule has 15 heteroatoms. The second-order valence-corrected chi connectivity index (χ2v) is 18.3. The van der Waals surface area contributed by atoms with Crippen molar-refractivity contribution in [2.75, 3.05) is 40.8 Å². The van der Waals surface area contributed by atoms with E-state index in [9.17, 15) is 27.6 Å². The summed E-state index contributed by atoms with van der Waals surface area (Å²) in [6, 6.07) is 33.1. The van der Waals surface area contributed by atoms with Gasteiger partial charge in [-0.05, 0) is 127 Å². The summed E-state index contributed by atoms with van der Waals surface area (Å²) in [5.74, 6) is -1.86. The molecule has 72 heavy (non-hydrogen) atoms. The summed E-state index contributed by atoms with van der Waals surface area (Å²) in [4.78, 5) is 46.6. The highest BCUT2D eigenvalue weighted by Gasteiger charge is 2.26. The van der Waals surface area contributed by atoms with Crippen molar-refractivity contribution < 1.29 is 27.6 Å². The van der Waals surface area contributed by atoms with Crippen LogP contribution in [0, 0.1) is 17.5 Å². The zero-order chi connectivity index (χ0) is 50.0. The molecule has 0 fully saturated rings. The van der Waals surface area contributed by atoms with Crippen LogP contribution < -0.4 is 31.9 Å². The zero-order valence-electron chi connectivity index (χ0n) is 40.1. The molecule has 366 valence electrons. The summed E-state index contributed by atoms with van der Waals surface area (Å²) < 4.78 is 41.7. The Hall–Kier alpha value is -7.98. The maximum absolute atomic E-state index is 13.9. The lowest BCUT2D eigenvalue weighted by molar-refractivity contribution is 0.0948. The predicted octanol–water partition coefficient (Wildman–Crippen LogP) is 8.94. The number of aromatic amines is 3. The standard InChI is InChI=1S/3C19H18FN3O/c3*1-21-10-11-2-4-12(5-3-11)18-14-6-7-22-19(24)15-8-13(20)9-16(23-18)17(14)15/h3*2-5,8-9,21,23H,6-7,10H2,1H3,(H,22,24). The summed E-state index contributed by atoms with van der Waals surface area (Å²) in [6.07, 6.45) is 2.16. The summed E-state index contributed by atoms with van der Waals surface area (Å²) in [5, 5.41) is 20.4. The number of hydrogen-bond donors (Lipinski definition) is 9. The quantitative estimate of drug-likeness (QED) is 0.0700. The first kappa shape index (κ1) is 47.7. The SMILES string of the molecule is CNCc1ccc(-c2[nH]c3cc(F)cc4c3c2CCNC4=O)cc1.CNCc1ccc(-c2[nH]c3cc(F)cc4c3c2CCNC4=O)cc1.CNCc1ccc(-c2[nH]c3cc(F)cc4c3c2CCNC4=O)cc1. The molecule has 3 aliphatic rings. The molecule has 0 saturated carbocycles. The normalized spacial score (nSPS) is 13.8. The number of H-pyrrole nitrogens is 3. The van der Waals surface area contributed by atoms with Gasteiger partial charge in [0, 0.05) is 89.1 Å². The summed E-state index contributed by atoms with van der Waals surface area (Å²) in [7, 11) is 5.75. The van der Waals surface area contributed by atoms with Crippen molar-refractivity contribution >= 4 is 50.4 Å². The maximum Gasteiger partial charge on any atom is 0.252 e. The molecule has 0 radical (unpaired) electrons. The van der Waals surface area contributed by atoms with Crippen LogP contribution in [0.2, 0.25) is 0 Å². The summed E-state index contributed by atoms with van der Waals surface area (Å²) >= 11 is 0. The average molecular weight is 970 g/mol. The first-order chi connectivity index (χ1) is 35.0. The highest BCUT2D eigenvalue weighted by molar-refractivity contribution is 6.12. The molecule has 0 spiro atoms. The highest BCUT2D eigenvalue weighted by Crippen LogP contribution is 2.38. The number of carbonyl (C=O) groups is 3. The van der Waals surface area contributed by atoms with Crippen LogP contribution in [-0.2, 0) is 38.9 Å². The topological polar surface area (TPSA) is 171 Å². The number of amides is 3. The fourth-order valence-electron chi connectivity index (χ4n) is 10.3. The van der Waals surface area contributed by atoms with Gasteiger partial charge in [0.25, 0.3) is 17.7 Å². The van der Waals surface area contributed by atoms with E-state index in [1.165, 1.54) is 53.1 Å². The van der Waals surface area contributed by atoms with Gasteiger partial charge in [0.2, 0.25) is 0 Å². The first-order valence-corrected chi connectivity index (χ1v) is 24.1. The number of carbonyl (C=O) groups excluding carboxylic acids is 3. The molecule has 0 unspecified atom stereocenters. The minimum Gasteiger partial charge on any atom is -0.354 e. The van der Waals surface area contributed by atoms with E-state index in [-0.39, 0.29) is 17.7 Å². The van der Waals surface area contributed by atoms with Gasteiger partial charge in [-0.2, -0.15) is 0 Å². The Morgan fingerprint density at radius 2 is 0.667 bits per heavy atom. The third kappa shape index (κ3) is 9.37. The molecule has 0 saturated heterocycles. The number of benzene rings is 6. The van der Waals surface area contributed by atoms with Crippen LogP contribution in [-0.4, -0.2) is 73.5 Å². The van der Waals surface area contributed by atoms with Gasteiger partial charge in [-0.15, -0.1) is 0 Å². The van der Waals surface area contributed by atoms with E-state index in [4.69, 9.17) is 0 Å². The molecule has 9 aromatic rings. The lowest BCUT2D eigenvalue weighted by Crippen LogP contribution is -2.23. The molecule has 0 aliphatic carbocycles. The molecular weight excluding hydrogens is 916 g/mol. The van der Waals surface area contributed by atoms with Crippen molar-refractivity contribution in [3.63, 3.8) is 0 Å². The molecule has 3 aromatic heterocycles.